The number of hydrogen-bond acceptors (Lipinski definition) is 10. The lowest BCUT2D eigenvalue weighted by Crippen LogP contribution is -2.42. The van der Waals surface area contributed by atoms with Crippen LogP contribution in [0.5, 0.6) is 11.5 Å². The Bertz CT molecular complexity index is 2080. The number of non-ortho nitro benzene ring substituents is 1. The maximum Gasteiger partial charge on any atom is 0.305 e. The molecule has 3 aromatic carbocycles. The molecule has 4 aromatic rings. The number of imide groups is 1. The number of fused-ring (bicyclic) bond motifs is 9. The third-order valence-electron chi connectivity index (χ3n) is 10.1. The molecule has 3 fully saturated rings. The molecule has 2 bridgehead atoms. The van der Waals surface area contributed by atoms with Crippen LogP contribution < -0.4 is 24.6 Å². The number of carbonyl (C=O) groups is 3. The van der Waals surface area contributed by atoms with Crippen molar-refractivity contribution in [3.63, 3.8) is 0 Å². The lowest BCUT2D eigenvalue weighted by molar-refractivity contribution is -0.384. The van der Waals surface area contributed by atoms with Gasteiger partial charge < -0.3 is 19.8 Å². The number of aromatic amines is 1. The first-order chi connectivity index (χ1) is 23.6. The summed E-state index contributed by atoms with van der Waals surface area (Å²) in [5.41, 5.74) is 1.65. The van der Waals surface area contributed by atoms with Gasteiger partial charge in [0.1, 0.15) is 0 Å². The van der Waals surface area contributed by atoms with Crippen LogP contribution in [0.15, 0.2) is 76.6 Å². The van der Waals surface area contributed by atoms with E-state index in [2.05, 4.69) is 10.3 Å². The molecule has 8 rings (SSSR count). The maximum atomic E-state index is 14.0. The van der Waals surface area contributed by atoms with Gasteiger partial charge in [-0.25, -0.2) is 0 Å². The summed E-state index contributed by atoms with van der Waals surface area (Å²) in [6.07, 6.45) is 0.708. The van der Waals surface area contributed by atoms with E-state index in [1.165, 1.54) is 36.3 Å². The highest BCUT2D eigenvalue weighted by molar-refractivity contribution is 8.00. The predicted octanol–water partition coefficient (Wildman–Crippen LogP) is 5.70. The second-order valence-corrected chi connectivity index (χ2v) is 15.1. The van der Waals surface area contributed by atoms with E-state index >= 15 is 0 Å². The number of nitrogens with zero attached hydrogens (tertiary/aromatic N) is 2. The molecule has 0 spiro atoms. The number of amides is 3. The molecule has 2 N–H and O–H groups in total. The molecule has 49 heavy (non-hydrogen) atoms. The van der Waals surface area contributed by atoms with Crippen molar-refractivity contribution in [3.8, 4) is 11.5 Å². The number of benzene rings is 3. The number of nitro groups is 1. The molecule has 2 saturated carbocycles. The van der Waals surface area contributed by atoms with E-state index in [0.717, 1.165) is 26.8 Å². The minimum atomic E-state index is -0.530. The van der Waals surface area contributed by atoms with Crippen LogP contribution in [-0.2, 0) is 14.4 Å². The topological polar surface area (TPSA) is 161 Å². The van der Waals surface area contributed by atoms with Gasteiger partial charge in [-0.3, -0.25) is 34.2 Å². The number of thioether (sulfide) groups is 1. The van der Waals surface area contributed by atoms with Crippen molar-refractivity contribution in [2.24, 2.45) is 29.6 Å². The molecule has 0 radical (unpaired) electrons. The maximum absolute atomic E-state index is 14.0. The number of ether oxygens (including phenoxy) is 2. The predicted molar refractivity (Wildman–Crippen MR) is 183 cm³/mol. The van der Waals surface area contributed by atoms with Crippen molar-refractivity contribution in [2.45, 2.75) is 22.6 Å². The van der Waals surface area contributed by atoms with Crippen LogP contribution in [0, 0.1) is 39.7 Å². The quantitative estimate of drug-likeness (QED) is 0.132. The fraction of sp³-hybridized carbons (Fsp3) is 0.294. The lowest BCUT2D eigenvalue weighted by atomic mass is 9.68. The summed E-state index contributed by atoms with van der Waals surface area (Å²) in [6, 6.07) is 17.7. The van der Waals surface area contributed by atoms with Gasteiger partial charge >= 0.3 is 4.87 Å². The van der Waals surface area contributed by atoms with Gasteiger partial charge in [0.25, 0.3) is 11.6 Å². The Hall–Kier alpha value is -4.66. The number of hydrogen-bond donors (Lipinski definition) is 2. The van der Waals surface area contributed by atoms with Crippen molar-refractivity contribution in [3.05, 3.63) is 102 Å². The number of H-pyrrole nitrogens is 1. The Balaban J connectivity index is 1.08. The van der Waals surface area contributed by atoms with E-state index in [1.807, 2.05) is 12.1 Å². The van der Waals surface area contributed by atoms with Crippen molar-refractivity contribution in [1.29, 1.82) is 0 Å². The van der Waals surface area contributed by atoms with Gasteiger partial charge in [-0.15, -0.1) is 11.8 Å². The first-order valence-corrected chi connectivity index (χ1v) is 17.6. The summed E-state index contributed by atoms with van der Waals surface area (Å²) >= 11 is 8.66. The number of anilines is 2. The molecule has 7 atom stereocenters. The molecule has 4 unspecified atom stereocenters. The molecule has 1 aromatic heterocycles. The van der Waals surface area contributed by atoms with Gasteiger partial charge in [-0.2, -0.15) is 0 Å². The Labute approximate surface area is 291 Å². The Morgan fingerprint density at radius 2 is 1.73 bits per heavy atom. The van der Waals surface area contributed by atoms with Crippen molar-refractivity contribution in [2.75, 3.05) is 23.9 Å². The van der Waals surface area contributed by atoms with E-state index in [1.54, 1.807) is 42.1 Å². The molecule has 2 aliphatic heterocycles. The highest BCUT2D eigenvalue weighted by Crippen LogP contribution is 2.68. The number of nitrogens with one attached hydrogen (secondary N) is 2. The number of rotatable bonds is 8. The number of thiazole rings is 1. The van der Waals surface area contributed by atoms with Gasteiger partial charge in [-0.05, 0) is 78.3 Å². The molecular weight excluding hydrogens is 692 g/mol. The van der Waals surface area contributed by atoms with Crippen LogP contribution in [0.4, 0.5) is 17.1 Å². The molecule has 4 aliphatic rings. The third kappa shape index (κ3) is 5.20. The van der Waals surface area contributed by atoms with E-state index in [9.17, 15) is 29.3 Å². The van der Waals surface area contributed by atoms with E-state index < -0.39 is 16.8 Å². The highest BCUT2D eigenvalue weighted by Gasteiger charge is 2.69. The summed E-state index contributed by atoms with van der Waals surface area (Å²) in [7, 11) is 1.51. The second-order valence-electron chi connectivity index (χ2n) is 12.5. The molecule has 250 valence electrons. The average Bonchev–Trinajstić information content (AvgIpc) is 3.83. The molecular formula is C34H27ClN4O8S2. The van der Waals surface area contributed by atoms with Crippen LogP contribution >= 0.6 is 34.7 Å². The van der Waals surface area contributed by atoms with E-state index in [-0.39, 0.29) is 63.8 Å². The molecule has 3 amide bonds. The minimum Gasteiger partial charge on any atom is -0.493 e. The van der Waals surface area contributed by atoms with Crippen molar-refractivity contribution >= 4 is 69.5 Å². The zero-order valence-electron chi connectivity index (χ0n) is 25.7. The second kappa shape index (κ2) is 12.0. The fourth-order valence-electron chi connectivity index (χ4n) is 8.24. The smallest absolute Gasteiger partial charge is 0.305 e. The summed E-state index contributed by atoms with van der Waals surface area (Å²) in [4.78, 5) is 68.7. The fourth-order valence-corrected chi connectivity index (χ4v) is 11.3. The lowest BCUT2D eigenvalue weighted by Gasteiger charge is -2.43. The van der Waals surface area contributed by atoms with Crippen LogP contribution in [-0.4, -0.2) is 46.6 Å². The van der Waals surface area contributed by atoms with Crippen LogP contribution in [0.3, 0.4) is 0 Å². The molecule has 1 saturated heterocycles. The summed E-state index contributed by atoms with van der Waals surface area (Å²) in [6.45, 7) is -0.263. The number of carbonyl (C=O) groups excluding carboxylic acids is 3. The zero-order valence-corrected chi connectivity index (χ0v) is 28.1. The summed E-state index contributed by atoms with van der Waals surface area (Å²) < 4.78 is 11.6. The average molecular weight is 719 g/mol. The Kier molecular flexibility index (Phi) is 7.76. The van der Waals surface area contributed by atoms with Crippen LogP contribution in [0.25, 0.3) is 0 Å². The third-order valence-corrected chi connectivity index (χ3v) is 12.9. The normalized spacial score (nSPS) is 26.2. The molecule has 12 nitrogen and oxygen atoms in total. The van der Waals surface area contributed by atoms with Crippen LogP contribution in [0.2, 0.25) is 5.02 Å². The standard InChI is InChI=1S/C34H27ClN4O8S2/c1-46-23-12-15(2-11-22(23)47-14-24(40)36-17-5-3-16(35)4-6-17)25-26-20-13-21(29(26)48-31-30(25)49-34(43)37-31)28-27(20)32(41)38(33(28)42)18-7-9-19(10-8-18)39(44)45/h2-12,20-21,25-29H,13-14H2,1H3,(H,36,40)(H,37,43)/t20-,21-,25-,26?,27?,28?,29?/m1/s1. The number of methoxy groups -OCH3 is 1. The van der Waals surface area contributed by atoms with Gasteiger partial charge in [0.05, 0.1) is 34.6 Å². The first kappa shape index (κ1) is 31.6. The summed E-state index contributed by atoms with van der Waals surface area (Å²) in [5, 5.41) is 15.2. The highest BCUT2D eigenvalue weighted by atomic mass is 35.5. The van der Waals surface area contributed by atoms with E-state index in [0.29, 0.717) is 34.3 Å². The Morgan fingerprint density at radius 1 is 1.02 bits per heavy atom. The number of halogens is 1. The minimum absolute atomic E-state index is 0.0268. The molecule has 15 heteroatoms. The van der Waals surface area contributed by atoms with Crippen molar-refractivity contribution in [1.82, 2.24) is 4.98 Å². The summed E-state index contributed by atoms with van der Waals surface area (Å²) in [5.74, 6) is -1.70. The van der Waals surface area contributed by atoms with Crippen molar-refractivity contribution < 1.29 is 28.8 Å². The van der Waals surface area contributed by atoms with Gasteiger partial charge in [0, 0.05) is 38.9 Å². The SMILES string of the molecule is COc1cc([C@H]2c3sc(=O)[nH]c3SC3C2[C@H]2C[C@@H]3C3C(=O)N(c4ccc([N+](=O)[O-])cc4)C(=O)C32)ccc1OCC(=O)Nc1ccc(Cl)cc1. The zero-order chi connectivity index (χ0) is 34.1. The van der Waals surface area contributed by atoms with Crippen LogP contribution in [0.1, 0.15) is 22.8 Å². The number of aromatic nitrogens is 1. The van der Waals surface area contributed by atoms with Gasteiger partial charge in [0.2, 0.25) is 11.8 Å². The molecule has 3 heterocycles. The molecule has 2 aliphatic carbocycles. The first-order valence-electron chi connectivity index (χ1n) is 15.5. The Morgan fingerprint density at radius 3 is 2.43 bits per heavy atom. The van der Waals surface area contributed by atoms with Gasteiger partial charge in [0.15, 0.2) is 18.1 Å². The number of nitro benzene ring substituents is 1. The van der Waals surface area contributed by atoms with Gasteiger partial charge in [-0.1, -0.05) is 29.0 Å². The monoisotopic (exact) mass is 718 g/mol. The largest absolute Gasteiger partial charge is 0.493 e. The van der Waals surface area contributed by atoms with E-state index in [4.69, 9.17) is 21.1 Å².